The van der Waals surface area contributed by atoms with Crippen molar-refractivity contribution in [3.8, 4) is 0 Å². The Morgan fingerprint density at radius 2 is 1.40 bits per heavy atom. The van der Waals surface area contributed by atoms with E-state index in [4.69, 9.17) is 14.2 Å². The summed E-state index contributed by atoms with van der Waals surface area (Å²) in [5.41, 5.74) is 0. The molecule has 0 N–H and O–H groups in total. The van der Waals surface area contributed by atoms with E-state index in [1.165, 1.54) is 0 Å². The molecule has 40 heavy (non-hydrogen) atoms. The average Bonchev–Trinajstić information content (AvgIpc) is 2.98. The highest BCUT2D eigenvalue weighted by Gasteiger charge is 2.29. The maximum absolute atomic E-state index is 12.4. The number of hydrogen-bond acceptors (Lipinski definition) is 9. The van der Waals surface area contributed by atoms with Crippen LogP contribution in [0, 0.1) is 22.0 Å². The van der Waals surface area contributed by atoms with Crippen LogP contribution >= 0.6 is 0 Å². The molecule has 0 unspecified atom stereocenters. The standard InChI is InChI=1S/C30H50N4O6/c1-38-21-3-4-24-5-7-25(8-6-24)9-18-30(35)40-23-20-33(19-22-39-2)28-14-10-26(11-15-28)31-32-27-12-16-29(17-13-27)34(36)37/h3-4,9,18,24-29H,5-8,10-17,19-23H2,1-2H3/b4-3+,18-9+,32-31?. The van der Waals surface area contributed by atoms with Crippen LogP contribution < -0.4 is 0 Å². The second-order valence-corrected chi connectivity index (χ2v) is 11.6. The van der Waals surface area contributed by atoms with Gasteiger partial charge in [-0.2, -0.15) is 10.2 Å². The van der Waals surface area contributed by atoms with E-state index >= 15 is 0 Å². The first-order chi connectivity index (χ1) is 19.5. The molecule has 0 spiro atoms. The zero-order valence-electron chi connectivity index (χ0n) is 24.5. The Balaban J connectivity index is 1.34. The molecule has 10 nitrogen and oxygen atoms in total. The van der Waals surface area contributed by atoms with Gasteiger partial charge in [0.2, 0.25) is 6.04 Å². The van der Waals surface area contributed by atoms with E-state index in [2.05, 4.69) is 27.3 Å². The fourth-order valence-corrected chi connectivity index (χ4v) is 6.20. The van der Waals surface area contributed by atoms with E-state index in [9.17, 15) is 14.9 Å². The van der Waals surface area contributed by atoms with Gasteiger partial charge in [0.15, 0.2) is 0 Å². The van der Waals surface area contributed by atoms with Crippen LogP contribution in [0.4, 0.5) is 0 Å². The van der Waals surface area contributed by atoms with Gasteiger partial charge < -0.3 is 14.2 Å². The van der Waals surface area contributed by atoms with E-state index in [1.54, 1.807) is 20.3 Å². The molecule has 0 amide bonds. The lowest BCUT2D eigenvalue weighted by Crippen LogP contribution is -2.42. The molecule has 3 fully saturated rings. The normalized spacial score (nSPS) is 30.0. The number of methoxy groups -OCH3 is 2. The van der Waals surface area contributed by atoms with Gasteiger partial charge in [-0.05, 0) is 76.0 Å². The molecule has 226 valence electrons. The summed E-state index contributed by atoms with van der Waals surface area (Å²) in [5.74, 6) is 0.803. The van der Waals surface area contributed by atoms with Gasteiger partial charge in [-0.15, -0.1) is 0 Å². The average molecular weight is 563 g/mol. The number of allylic oxidation sites excluding steroid dienone is 2. The van der Waals surface area contributed by atoms with Crippen LogP contribution in [0.1, 0.15) is 77.0 Å². The first-order valence-electron chi connectivity index (χ1n) is 15.3. The molecule has 0 saturated heterocycles. The summed E-state index contributed by atoms with van der Waals surface area (Å²) in [6, 6.07) is 0.372. The van der Waals surface area contributed by atoms with Crippen LogP contribution in [0.5, 0.6) is 0 Å². The first-order valence-corrected chi connectivity index (χ1v) is 15.3. The molecule has 3 rings (SSSR count). The third kappa shape index (κ3) is 11.7. The minimum atomic E-state index is -0.408. The van der Waals surface area contributed by atoms with E-state index in [1.807, 2.05) is 6.08 Å². The van der Waals surface area contributed by atoms with Gasteiger partial charge in [-0.3, -0.25) is 15.0 Å². The van der Waals surface area contributed by atoms with E-state index in [0.717, 1.165) is 70.8 Å². The summed E-state index contributed by atoms with van der Waals surface area (Å²) in [4.78, 5) is 25.5. The molecule has 0 aromatic carbocycles. The molecule has 0 aromatic heterocycles. The number of carbonyl (C=O) groups excluding carboxylic acids is 1. The zero-order chi connectivity index (χ0) is 28.6. The molecule has 0 atom stereocenters. The molecule has 3 saturated carbocycles. The Morgan fingerprint density at radius 1 is 0.825 bits per heavy atom. The Kier molecular flexibility index (Phi) is 14.8. The number of azo groups is 1. The molecule has 0 heterocycles. The van der Waals surface area contributed by atoms with Crippen LogP contribution in [0.3, 0.4) is 0 Å². The number of nitro groups is 1. The largest absolute Gasteiger partial charge is 0.461 e. The van der Waals surface area contributed by atoms with Gasteiger partial charge in [0.05, 0.1) is 25.3 Å². The van der Waals surface area contributed by atoms with Crippen molar-refractivity contribution in [1.82, 2.24) is 4.90 Å². The zero-order valence-corrected chi connectivity index (χ0v) is 24.5. The molecule has 0 aliphatic heterocycles. The molecule has 10 heteroatoms. The summed E-state index contributed by atoms with van der Waals surface area (Å²) < 4.78 is 16.0. The molecular weight excluding hydrogens is 512 g/mol. The number of ether oxygens (including phenoxy) is 3. The van der Waals surface area contributed by atoms with Crippen LogP contribution in [0.15, 0.2) is 34.5 Å². The highest BCUT2D eigenvalue weighted by molar-refractivity contribution is 5.81. The highest BCUT2D eigenvalue weighted by atomic mass is 16.6. The van der Waals surface area contributed by atoms with Crippen LogP contribution in [-0.2, 0) is 19.0 Å². The molecule has 3 aliphatic rings. The van der Waals surface area contributed by atoms with Crippen LogP contribution in [-0.4, -0.2) is 87.1 Å². The maximum atomic E-state index is 12.4. The lowest BCUT2D eigenvalue weighted by atomic mass is 9.82. The fraction of sp³-hybridized carbons (Fsp3) is 0.833. The van der Waals surface area contributed by atoms with Crippen molar-refractivity contribution in [3.63, 3.8) is 0 Å². The molecule has 0 aromatic rings. The molecule has 0 radical (unpaired) electrons. The number of carbonyl (C=O) groups is 1. The Morgan fingerprint density at radius 3 is 1.98 bits per heavy atom. The highest BCUT2D eigenvalue weighted by Crippen LogP contribution is 2.31. The smallest absolute Gasteiger partial charge is 0.330 e. The predicted octanol–water partition coefficient (Wildman–Crippen LogP) is 5.39. The number of nitrogens with zero attached hydrogens (tertiary/aromatic N) is 4. The number of esters is 1. The molecular formula is C30H50N4O6. The second-order valence-electron chi connectivity index (χ2n) is 11.6. The second kappa shape index (κ2) is 18.3. The van der Waals surface area contributed by atoms with Crippen molar-refractivity contribution < 1.29 is 23.9 Å². The summed E-state index contributed by atoms with van der Waals surface area (Å²) >= 11 is 0. The molecule has 3 aliphatic carbocycles. The van der Waals surface area contributed by atoms with E-state index < -0.39 is 6.04 Å². The third-order valence-corrected chi connectivity index (χ3v) is 8.74. The Labute approximate surface area is 239 Å². The van der Waals surface area contributed by atoms with Gasteiger partial charge in [-0.25, -0.2) is 4.79 Å². The van der Waals surface area contributed by atoms with Crippen molar-refractivity contribution in [1.29, 1.82) is 0 Å². The minimum absolute atomic E-state index is 0.133. The SMILES string of the molecule is COC/C=C/C1CCC(/C=C/C(=O)OCCN(CCOC)C2CCC(N=NC3CCC([N+](=O)[O-])CC3)CC2)CC1. The lowest BCUT2D eigenvalue weighted by Gasteiger charge is -2.35. The van der Waals surface area contributed by atoms with Gasteiger partial charge in [-0.1, -0.05) is 18.2 Å². The van der Waals surface area contributed by atoms with Crippen LogP contribution in [0.25, 0.3) is 0 Å². The van der Waals surface area contributed by atoms with Crippen molar-refractivity contribution in [3.05, 3.63) is 34.4 Å². The van der Waals surface area contributed by atoms with Gasteiger partial charge in [0.25, 0.3) is 0 Å². The third-order valence-electron chi connectivity index (χ3n) is 8.74. The van der Waals surface area contributed by atoms with Crippen molar-refractivity contribution >= 4 is 5.97 Å². The van der Waals surface area contributed by atoms with Crippen molar-refractivity contribution in [2.75, 3.05) is 47.1 Å². The topological polar surface area (TPSA) is 116 Å². The first kappa shape index (κ1) is 32.3. The minimum Gasteiger partial charge on any atom is -0.461 e. The maximum Gasteiger partial charge on any atom is 0.330 e. The summed E-state index contributed by atoms with van der Waals surface area (Å²) in [5, 5.41) is 20.1. The van der Waals surface area contributed by atoms with Crippen LogP contribution in [0.2, 0.25) is 0 Å². The number of hydrogen-bond donors (Lipinski definition) is 0. The van der Waals surface area contributed by atoms with Gasteiger partial charge in [0, 0.05) is 57.2 Å². The quantitative estimate of drug-likeness (QED) is 0.0656. The van der Waals surface area contributed by atoms with Gasteiger partial charge >= 0.3 is 5.97 Å². The summed E-state index contributed by atoms with van der Waals surface area (Å²) in [6.45, 7) is 3.18. The van der Waals surface area contributed by atoms with Crippen molar-refractivity contribution in [2.45, 2.75) is 101 Å². The molecule has 0 bridgehead atoms. The Hall–Kier alpha value is -2.17. The monoisotopic (exact) mass is 562 g/mol. The van der Waals surface area contributed by atoms with Gasteiger partial charge in [0.1, 0.15) is 6.61 Å². The number of rotatable bonds is 15. The van der Waals surface area contributed by atoms with E-state index in [-0.39, 0.29) is 23.0 Å². The Bertz CT molecular complexity index is 826. The van der Waals surface area contributed by atoms with E-state index in [0.29, 0.717) is 57.1 Å². The predicted molar refractivity (Wildman–Crippen MR) is 154 cm³/mol. The van der Waals surface area contributed by atoms with Crippen molar-refractivity contribution in [2.24, 2.45) is 22.1 Å². The summed E-state index contributed by atoms with van der Waals surface area (Å²) in [7, 11) is 3.42. The fourth-order valence-electron chi connectivity index (χ4n) is 6.20. The summed E-state index contributed by atoms with van der Waals surface area (Å²) in [6.07, 6.45) is 19.2. The lowest BCUT2D eigenvalue weighted by molar-refractivity contribution is -0.526.